The molecule has 0 heterocycles. The van der Waals surface area contributed by atoms with E-state index in [4.69, 9.17) is 14.6 Å². The van der Waals surface area contributed by atoms with Gasteiger partial charge in [0.05, 0.1) is 6.61 Å². The van der Waals surface area contributed by atoms with E-state index < -0.39 is 5.97 Å². The predicted octanol–water partition coefficient (Wildman–Crippen LogP) is 1.90. The summed E-state index contributed by atoms with van der Waals surface area (Å²) < 4.78 is 9.95. The topological polar surface area (TPSA) is 55.8 Å². The van der Waals surface area contributed by atoms with Crippen LogP contribution in [0.1, 0.15) is 11.1 Å². The smallest absolute Gasteiger partial charge is 0.328 e. The average molecular weight is 222 g/mol. The molecule has 1 N–H and O–H groups in total. The molecule has 0 spiro atoms. The first-order valence-electron chi connectivity index (χ1n) is 4.79. The van der Waals surface area contributed by atoms with Crippen molar-refractivity contribution in [2.24, 2.45) is 0 Å². The van der Waals surface area contributed by atoms with Gasteiger partial charge in [-0.25, -0.2) is 4.79 Å². The number of rotatable bonds is 6. The molecule has 0 unspecified atom stereocenters. The van der Waals surface area contributed by atoms with E-state index in [0.717, 1.165) is 17.2 Å². The third-order valence-corrected chi connectivity index (χ3v) is 1.84. The molecule has 0 atom stereocenters. The monoisotopic (exact) mass is 222 g/mol. The number of benzene rings is 1. The Balaban J connectivity index is 2.60. The standard InChI is InChI=1S/C12H14O4/c1-15-9-16-8-11-4-2-3-10(7-11)5-6-12(13)14/h2-7H,8-9H2,1H3,(H,13,14)/b6-5+. The molecule has 0 bridgehead atoms. The molecule has 0 aliphatic heterocycles. The Kier molecular flexibility index (Phi) is 5.25. The van der Waals surface area contributed by atoms with E-state index in [0.29, 0.717) is 6.61 Å². The van der Waals surface area contributed by atoms with Crippen molar-refractivity contribution < 1.29 is 19.4 Å². The molecule has 0 fully saturated rings. The summed E-state index contributed by atoms with van der Waals surface area (Å²) in [6.07, 6.45) is 2.65. The number of hydrogen-bond acceptors (Lipinski definition) is 3. The lowest BCUT2D eigenvalue weighted by atomic mass is 10.1. The number of carbonyl (C=O) groups is 1. The van der Waals surface area contributed by atoms with Crippen LogP contribution < -0.4 is 0 Å². The number of aliphatic carboxylic acids is 1. The summed E-state index contributed by atoms with van der Waals surface area (Å²) in [5.74, 6) is -0.957. The zero-order valence-corrected chi connectivity index (χ0v) is 9.05. The van der Waals surface area contributed by atoms with E-state index in [2.05, 4.69) is 0 Å². The fraction of sp³-hybridized carbons (Fsp3) is 0.250. The van der Waals surface area contributed by atoms with E-state index in [1.54, 1.807) is 13.2 Å². The van der Waals surface area contributed by atoms with Crippen LogP contribution >= 0.6 is 0 Å². The molecule has 0 saturated heterocycles. The first-order chi connectivity index (χ1) is 7.72. The molecule has 16 heavy (non-hydrogen) atoms. The van der Waals surface area contributed by atoms with Gasteiger partial charge in [0.25, 0.3) is 0 Å². The van der Waals surface area contributed by atoms with Crippen molar-refractivity contribution in [2.45, 2.75) is 6.61 Å². The van der Waals surface area contributed by atoms with Gasteiger partial charge in [0, 0.05) is 13.2 Å². The van der Waals surface area contributed by atoms with Crippen molar-refractivity contribution in [1.29, 1.82) is 0 Å². The van der Waals surface area contributed by atoms with Gasteiger partial charge in [0.1, 0.15) is 6.79 Å². The molecule has 0 aliphatic rings. The largest absolute Gasteiger partial charge is 0.478 e. The first-order valence-corrected chi connectivity index (χ1v) is 4.79. The second-order valence-corrected chi connectivity index (χ2v) is 3.17. The second-order valence-electron chi connectivity index (χ2n) is 3.17. The number of ether oxygens (including phenoxy) is 2. The molecule has 0 saturated carbocycles. The highest BCUT2D eigenvalue weighted by molar-refractivity contribution is 5.85. The molecule has 0 radical (unpaired) electrons. The highest BCUT2D eigenvalue weighted by atomic mass is 16.7. The summed E-state index contributed by atoms with van der Waals surface area (Å²) in [5, 5.41) is 8.49. The van der Waals surface area contributed by atoms with Crippen LogP contribution in [0.2, 0.25) is 0 Å². The maximum atomic E-state index is 10.3. The van der Waals surface area contributed by atoms with E-state index in [1.165, 1.54) is 0 Å². The SMILES string of the molecule is COCOCc1cccc(/C=C/C(=O)O)c1. The molecule has 0 aliphatic carbocycles. The molecule has 0 aromatic heterocycles. The summed E-state index contributed by atoms with van der Waals surface area (Å²) in [5.41, 5.74) is 1.81. The Morgan fingerprint density at radius 3 is 3.00 bits per heavy atom. The number of hydrogen-bond donors (Lipinski definition) is 1. The fourth-order valence-electron chi connectivity index (χ4n) is 1.20. The van der Waals surface area contributed by atoms with Gasteiger partial charge in [-0.2, -0.15) is 0 Å². The lowest BCUT2D eigenvalue weighted by molar-refractivity contribution is -0.131. The molecule has 0 amide bonds. The normalized spacial score (nSPS) is 10.8. The molecular formula is C12H14O4. The van der Waals surface area contributed by atoms with Crippen molar-refractivity contribution in [1.82, 2.24) is 0 Å². The minimum absolute atomic E-state index is 0.245. The molecule has 4 nitrogen and oxygen atoms in total. The van der Waals surface area contributed by atoms with Gasteiger partial charge in [-0.1, -0.05) is 18.2 Å². The first kappa shape index (κ1) is 12.4. The lowest BCUT2D eigenvalue weighted by Gasteiger charge is -2.03. The zero-order valence-electron chi connectivity index (χ0n) is 9.05. The number of carboxylic acids is 1. The van der Waals surface area contributed by atoms with E-state index in [9.17, 15) is 4.79 Å². The van der Waals surface area contributed by atoms with Crippen LogP contribution in [0, 0.1) is 0 Å². The average Bonchev–Trinajstić information content (AvgIpc) is 2.27. The van der Waals surface area contributed by atoms with Gasteiger partial charge in [-0.3, -0.25) is 0 Å². The van der Waals surface area contributed by atoms with Crippen LogP contribution in [0.5, 0.6) is 0 Å². The number of methoxy groups -OCH3 is 1. The van der Waals surface area contributed by atoms with Crippen molar-refractivity contribution in [3.8, 4) is 0 Å². The fourth-order valence-corrected chi connectivity index (χ4v) is 1.20. The maximum Gasteiger partial charge on any atom is 0.328 e. The van der Waals surface area contributed by atoms with Crippen LogP contribution in [-0.2, 0) is 20.9 Å². The van der Waals surface area contributed by atoms with Crippen molar-refractivity contribution in [3.05, 3.63) is 41.5 Å². The van der Waals surface area contributed by atoms with E-state index in [-0.39, 0.29) is 6.79 Å². The molecule has 1 aromatic rings. The van der Waals surface area contributed by atoms with Crippen LogP contribution in [0.3, 0.4) is 0 Å². The van der Waals surface area contributed by atoms with Crippen LogP contribution in [0.4, 0.5) is 0 Å². The van der Waals surface area contributed by atoms with Crippen molar-refractivity contribution in [2.75, 3.05) is 13.9 Å². The van der Waals surface area contributed by atoms with Crippen LogP contribution in [0.15, 0.2) is 30.3 Å². The Labute approximate surface area is 94.1 Å². The third-order valence-electron chi connectivity index (χ3n) is 1.84. The van der Waals surface area contributed by atoms with Gasteiger partial charge in [0.2, 0.25) is 0 Å². The molecule has 1 aromatic carbocycles. The molecule has 4 heteroatoms. The van der Waals surface area contributed by atoms with Gasteiger partial charge in [-0.15, -0.1) is 0 Å². The summed E-state index contributed by atoms with van der Waals surface area (Å²) in [6, 6.07) is 7.47. The Bertz CT molecular complexity index is 371. The van der Waals surface area contributed by atoms with E-state index in [1.807, 2.05) is 24.3 Å². The van der Waals surface area contributed by atoms with Gasteiger partial charge in [0.15, 0.2) is 0 Å². The molecule has 86 valence electrons. The van der Waals surface area contributed by atoms with E-state index >= 15 is 0 Å². The minimum atomic E-state index is -0.957. The lowest BCUT2D eigenvalue weighted by Crippen LogP contribution is -1.96. The zero-order chi connectivity index (χ0) is 11.8. The van der Waals surface area contributed by atoms with Gasteiger partial charge >= 0.3 is 5.97 Å². The summed E-state index contributed by atoms with van der Waals surface area (Å²) in [7, 11) is 1.56. The molecular weight excluding hydrogens is 208 g/mol. The summed E-state index contributed by atoms with van der Waals surface area (Å²) >= 11 is 0. The third kappa shape index (κ3) is 4.72. The quantitative estimate of drug-likeness (QED) is 0.454. The summed E-state index contributed by atoms with van der Waals surface area (Å²) in [4.78, 5) is 10.3. The Morgan fingerprint density at radius 2 is 2.31 bits per heavy atom. The molecule has 1 rings (SSSR count). The number of carboxylic acid groups (broad SMARTS) is 1. The maximum absolute atomic E-state index is 10.3. The Morgan fingerprint density at radius 1 is 1.50 bits per heavy atom. The highest BCUT2D eigenvalue weighted by Gasteiger charge is 1.95. The Hall–Kier alpha value is -1.65. The van der Waals surface area contributed by atoms with Gasteiger partial charge in [-0.05, 0) is 23.3 Å². The summed E-state index contributed by atoms with van der Waals surface area (Å²) in [6.45, 7) is 0.692. The second kappa shape index (κ2) is 6.76. The van der Waals surface area contributed by atoms with Crippen LogP contribution in [0.25, 0.3) is 6.08 Å². The predicted molar refractivity (Wildman–Crippen MR) is 59.8 cm³/mol. The van der Waals surface area contributed by atoms with Crippen molar-refractivity contribution in [3.63, 3.8) is 0 Å². The highest BCUT2D eigenvalue weighted by Crippen LogP contribution is 2.08. The van der Waals surface area contributed by atoms with Gasteiger partial charge < -0.3 is 14.6 Å². The minimum Gasteiger partial charge on any atom is -0.478 e. The van der Waals surface area contributed by atoms with Crippen LogP contribution in [-0.4, -0.2) is 25.0 Å². The van der Waals surface area contributed by atoms with Crippen molar-refractivity contribution >= 4 is 12.0 Å².